The zero-order valence-corrected chi connectivity index (χ0v) is 19.3. The van der Waals surface area contributed by atoms with Gasteiger partial charge in [0, 0.05) is 46.8 Å². The van der Waals surface area contributed by atoms with E-state index in [1.165, 1.54) is 5.56 Å². The van der Waals surface area contributed by atoms with Gasteiger partial charge in [-0.15, -0.1) is 24.0 Å². The number of guanidine groups is 1. The number of rotatable bonds is 8. The Balaban J connectivity index is 0.00000364. The van der Waals surface area contributed by atoms with E-state index in [2.05, 4.69) is 36.2 Å². The molecule has 7 heteroatoms. The summed E-state index contributed by atoms with van der Waals surface area (Å²) >= 11 is 0. The number of aryl methyl sites for hydroxylation is 1. The first-order valence-electron chi connectivity index (χ1n) is 9.40. The maximum atomic E-state index is 5.83. The molecule has 0 unspecified atom stereocenters. The lowest BCUT2D eigenvalue weighted by Crippen LogP contribution is -2.45. The molecule has 1 saturated heterocycles. The largest absolute Gasteiger partial charge is 0.492 e. The van der Waals surface area contributed by atoms with E-state index in [9.17, 15) is 0 Å². The molecule has 154 valence electrons. The molecule has 0 aromatic heterocycles. The molecular weight excluding hydrogens is 457 g/mol. The van der Waals surface area contributed by atoms with Gasteiger partial charge in [-0.2, -0.15) is 0 Å². The van der Waals surface area contributed by atoms with Gasteiger partial charge in [0.2, 0.25) is 0 Å². The monoisotopic (exact) mass is 491 g/mol. The molecule has 0 saturated carbocycles. The second kappa shape index (κ2) is 12.4. The second-order valence-electron chi connectivity index (χ2n) is 6.75. The molecule has 0 aliphatic carbocycles. The third-order valence-electron chi connectivity index (χ3n) is 4.77. The number of nitrogens with zero attached hydrogens (tertiary/aromatic N) is 2. The molecule has 1 aromatic rings. The standard InChI is InChI=1S/C20H33N3O3.HI/c1-5-21-19(22-16-20(24-4)10-13-25-14-11-20)23(3)12-15-26-18-8-6-17(2)7-9-18;/h6-9H,5,10-16H2,1-4H3,(H,21,22);1H. The van der Waals surface area contributed by atoms with Crippen molar-refractivity contribution >= 4 is 29.9 Å². The quantitative estimate of drug-likeness (QED) is 0.344. The van der Waals surface area contributed by atoms with Crippen molar-refractivity contribution < 1.29 is 14.2 Å². The van der Waals surface area contributed by atoms with Gasteiger partial charge < -0.3 is 24.4 Å². The summed E-state index contributed by atoms with van der Waals surface area (Å²) in [6.45, 7) is 8.44. The van der Waals surface area contributed by atoms with Crippen LogP contribution in [0.4, 0.5) is 0 Å². The highest BCUT2D eigenvalue weighted by Gasteiger charge is 2.32. The molecule has 1 aliphatic rings. The topological polar surface area (TPSA) is 55.3 Å². The number of halogens is 1. The Morgan fingerprint density at radius 3 is 2.52 bits per heavy atom. The Labute approximate surface area is 180 Å². The predicted octanol–water partition coefficient (Wildman–Crippen LogP) is 3.08. The van der Waals surface area contributed by atoms with E-state index in [-0.39, 0.29) is 29.6 Å². The van der Waals surface area contributed by atoms with E-state index in [0.717, 1.165) is 50.9 Å². The van der Waals surface area contributed by atoms with Gasteiger partial charge >= 0.3 is 0 Å². The van der Waals surface area contributed by atoms with Gasteiger partial charge in [0.15, 0.2) is 5.96 Å². The summed E-state index contributed by atoms with van der Waals surface area (Å²) in [5.41, 5.74) is 1.02. The van der Waals surface area contributed by atoms with Crippen molar-refractivity contribution in [1.82, 2.24) is 10.2 Å². The molecule has 6 nitrogen and oxygen atoms in total. The van der Waals surface area contributed by atoms with Gasteiger partial charge in [0.25, 0.3) is 0 Å². The third-order valence-corrected chi connectivity index (χ3v) is 4.77. The SMILES string of the molecule is CCNC(=NCC1(OC)CCOCC1)N(C)CCOc1ccc(C)cc1.I. The molecule has 27 heavy (non-hydrogen) atoms. The summed E-state index contributed by atoms with van der Waals surface area (Å²) in [7, 11) is 3.80. The van der Waals surface area contributed by atoms with Gasteiger partial charge in [-0.1, -0.05) is 17.7 Å². The van der Waals surface area contributed by atoms with Crippen LogP contribution < -0.4 is 10.1 Å². The normalized spacial score (nSPS) is 16.4. The van der Waals surface area contributed by atoms with E-state index in [1.54, 1.807) is 7.11 Å². The average molecular weight is 491 g/mol. The molecule has 0 atom stereocenters. The molecule has 1 heterocycles. The van der Waals surface area contributed by atoms with Gasteiger partial charge in [-0.05, 0) is 26.0 Å². The summed E-state index contributed by atoms with van der Waals surface area (Å²) < 4.78 is 17.1. The first kappa shape index (κ1) is 24.0. The highest BCUT2D eigenvalue weighted by molar-refractivity contribution is 14.0. The van der Waals surface area contributed by atoms with Crippen molar-refractivity contribution in [3.63, 3.8) is 0 Å². The van der Waals surface area contributed by atoms with E-state index in [4.69, 9.17) is 19.2 Å². The fourth-order valence-electron chi connectivity index (χ4n) is 2.90. The van der Waals surface area contributed by atoms with Crippen LogP contribution in [-0.4, -0.2) is 70.1 Å². The van der Waals surface area contributed by atoms with Crippen molar-refractivity contribution in [2.75, 3.05) is 53.6 Å². The van der Waals surface area contributed by atoms with Crippen LogP contribution in [0.2, 0.25) is 0 Å². The summed E-state index contributed by atoms with van der Waals surface area (Å²) in [5.74, 6) is 1.77. The van der Waals surface area contributed by atoms with Crippen LogP contribution in [0.1, 0.15) is 25.3 Å². The molecule has 0 amide bonds. The predicted molar refractivity (Wildman–Crippen MR) is 120 cm³/mol. The molecule has 2 rings (SSSR count). The molecule has 1 aliphatic heterocycles. The van der Waals surface area contributed by atoms with Gasteiger partial charge in [-0.3, -0.25) is 4.99 Å². The van der Waals surface area contributed by atoms with Crippen LogP contribution >= 0.6 is 24.0 Å². The summed E-state index contributed by atoms with van der Waals surface area (Å²) in [5, 5.41) is 3.35. The van der Waals surface area contributed by atoms with Crippen molar-refractivity contribution in [2.45, 2.75) is 32.3 Å². The average Bonchev–Trinajstić information content (AvgIpc) is 2.67. The fraction of sp³-hybridized carbons (Fsp3) is 0.650. The van der Waals surface area contributed by atoms with Crippen LogP contribution in [0.5, 0.6) is 5.75 Å². The van der Waals surface area contributed by atoms with Gasteiger partial charge in [-0.25, -0.2) is 0 Å². The van der Waals surface area contributed by atoms with Gasteiger partial charge in [0.05, 0.1) is 18.7 Å². The number of aliphatic imine (C=N–C) groups is 1. The minimum Gasteiger partial charge on any atom is -0.492 e. The molecule has 1 N–H and O–H groups in total. The molecule has 1 aromatic carbocycles. The minimum atomic E-state index is -0.210. The van der Waals surface area contributed by atoms with Crippen LogP contribution in [0.3, 0.4) is 0 Å². The van der Waals surface area contributed by atoms with E-state index >= 15 is 0 Å². The zero-order chi connectivity index (χ0) is 18.8. The lowest BCUT2D eigenvalue weighted by atomic mass is 9.94. The number of benzene rings is 1. The minimum absolute atomic E-state index is 0. The lowest BCUT2D eigenvalue weighted by Gasteiger charge is -2.35. The number of hydrogen-bond donors (Lipinski definition) is 1. The number of nitrogens with one attached hydrogen (secondary N) is 1. The first-order valence-corrected chi connectivity index (χ1v) is 9.40. The Bertz CT molecular complexity index is 560. The van der Waals surface area contributed by atoms with Crippen molar-refractivity contribution in [3.8, 4) is 5.75 Å². The number of likely N-dealkylation sites (N-methyl/N-ethyl adjacent to an activating group) is 1. The zero-order valence-electron chi connectivity index (χ0n) is 17.0. The van der Waals surface area contributed by atoms with Crippen LogP contribution in [-0.2, 0) is 9.47 Å². The highest BCUT2D eigenvalue weighted by Crippen LogP contribution is 2.24. The van der Waals surface area contributed by atoms with E-state index in [0.29, 0.717) is 13.2 Å². The molecule has 0 spiro atoms. The summed E-state index contributed by atoms with van der Waals surface area (Å²) in [6, 6.07) is 8.12. The Morgan fingerprint density at radius 2 is 1.93 bits per heavy atom. The lowest BCUT2D eigenvalue weighted by molar-refractivity contribution is -0.0829. The van der Waals surface area contributed by atoms with Crippen molar-refractivity contribution in [1.29, 1.82) is 0 Å². The molecule has 1 fully saturated rings. The van der Waals surface area contributed by atoms with Crippen molar-refractivity contribution in [2.24, 2.45) is 4.99 Å². The maximum Gasteiger partial charge on any atom is 0.193 e. The number of ether oxygens (including phenoxy) is 3. The van der Waals surface area contributed by atoms with E-state index in [1.807, 2.05) is 19.2 Å². The third kappa shape index (κ3) is 7.83. The highest BCUT2D eigenvalue weighted by atomic mass is 127. The fourth-order valence-corrected chi connectivity index (χ4v) is 2.90. The molecule has 0 radical (unpaired) electrons. The molecular formula is C20H34IN3O3. The van der Waals surface area contributed by atoms with E-state index < -0.39 is 0 Å². The summed E-state index contributed by atoms with van der Waals surface area (Å²) in [4.78, 5) is 6.91. The second-order valence-corrected chi connectivity index (χ2v) is 6.75. The maximum absolute atomic E-state index is 5.83. The van der Waals surface area contributed by atoms with Crippen molar-refractivity contribution in [3.05, 3.63) is 29.8 Å². The van der Waals surface area contributed by atoms with Gasteiger partial charge in [0.1, 0.15) is 12.4 Å². The molecule has 0 bridgehead atoms. The number of hydrogen-bond acceptors (Lipinski definition) is 4. The Kier molecular flexibility index (Phi) is 11.0. The smallest absolute Gasteiger partial charge is 0.193 e. The van der Waals surface area contributed by atoms with Crippen LogP contribution in [0.25, 0.3) is 0 Å². The Morgan fingerprint density at radius 1 is 1.26 bits per heavy atom. The Hall–Kier alpha value is -1.06. The van der Waals surface area contributed by atoms with Crippen LogP contribution in [0.15, 0.2) is 29.3 Å². The summed E-state index contributed by atoms with van der Waals surface area (Å²) in [6.07, 6.45) is 1.76. The number of methoxy groups -OCH3 is 1. The van der Waals surface area contributed by atoms with Crippen LogP contribution in [0, 0.1) is 6.92 Å². The first-order chi connectivity index (χ1) is 12.6.